The fourth-order valence-corrected chi connectivity index (χ4v) is 2.82. The number of hydrogen-bond donors (Lipinski definition) is 1. The summed E-state index contributed by atoms with van der Waals surface area (Å²) in [6, 6.07) is 1.86. The molecule has 5 nitrogen and oxygen atoms in total. The van der Waals surface area contributed by atoms with E-state index in [0.717, 1.165) is 12.5 Å². The number of amides is 1. The summed E-state index contributed by atoms with van der Waals surface area (Å²) in [6.07, 6.45) is -2.58. The Hall–Kier alpha value is -2.25. The first-order valence-electron chi connectivity index (χ1n) is 7.51. The largest absolute Gasteiger partial charge is 0.508 e. The number of phenolic OH excluding ortho intramolecular Hbond substituents is 1. The smallest absolute Gasteiger partial charge is 0.416 e. The number of halogens is 3. The fraction of sp³-hybridized carbons (Fsp3) is 0.500. The highest BCUT2D eigenvalue weighted by atomic mass is 19.4. The number of piperidine rings is 1. The van der Waals surface area contributed by atoms with Crippen molar-refractivity contribution < 1.29 is 32.6 Å². The average Bonchev–Trinajstić information content (AvgIpc) is 2.53. The molecule has 1 aromatic rings. The SMILES string of the molecule is COC(=O)C[C@H]1CCCCN1C(=O)c1cc(O)cc(C(F)(F)F)c1. The fourth-order valence-electron chi connectivity index (χ4n) is 2.82. The molecule has 0 bridgehead atoms. The number of esters is 1. The maximum Gasteiger partial charge on any atom is 0.416 e. The van der Waals surface area contributed by atoms with Crippen LogP contribution in [0.25, 0.3) is 0 Å². The van der Waals surface area contributed by atoms with Gasteiger partial charge in [-0.15, -0.1) is 0 Å². The van der Waals surface area contributed by atoms with E-state index in [1.165, 1.54) is 12.0 Å². The maximum absolute atomic E-state index is 12.9. The molecule has 24 heavy (non-hydrogen) atoms. The molecule has 1 N–H and O–H groups in total. The standard InChI is InChI=1S/C16H18F3NO4/c1-24-14(22)9-12-4-2-3-5-20(12)15(23)10-6-11(16(17,18)19)8-13(21)7-10/h6-8,12,21H,2-5,9H2,1H3/t12-/m1/s1. The first kappa shape index (κ1) is 18.1. The summed E-state index contributed by atoms with van der Waals surface area (Å²) in [5.41, 5.74) is -1.34. The molecule has 8 heteroatoms. The highest BCUT2D eigenvalue weighted by Gasteiger charge is 2.34. The molecular formula is C16H18F3NO4. The van der Waals surface area contributed by atoms with E-state index in [0.29, 0.717) is 31.5 Å². The van der Waals surface area contributed by atoms with Gasteiger partial charge < -0.3 is 14.7 Å². The van der Waals surface area contributed by atoms with Crippen LogP contribution >= 0.6 is 0 Å². The summed E-state index contributed by atoms with van der Waals surface area (Å²) in [4.78, 5) is 25.5. The number of hydrogen-bond acceptors (Lipinski definition) is 4. The maximum atomic E-state index is 12.9. The zero-order chi connectivity index (χ0) is 17.9. The summed E-state index contributed by atoms with van der Waals surface area (Å²) in [6.45, 7) is 0.345. The van der Waals surface area contributed by atoms with Crippen LogP contribution in [0.2, 0.25) is 0 Å². The highest BCUT2D eigenvalue weighted by molar-refractivity contribution is 5.95. The Morgan fingerprint density at radius 2 is 2.00 bits per heavy atom. The van der Waals surface area contributed by atoms with Crippen molar-refractivity contribution in [2.24, 2.45) is 0 Å². The Kier molecular flexibility index (Phi) is 5.36. The minimum atomic E-state index is -4.67. The van der Waals surface area contributed by atoms with Gasteiger partial charge in [0.25, 0.3) is 5.91 Å². The average molecular weight is 345 g/mol. The van der Waals surface area contributed by atoms with Crippen molar-refractivity contribution in [3.05, 3.63) is 29.3 Å². The third-order valence-electron chi connectivity index (χ3n) is 4.01. The van der Waals surface area contributed by atoms with Crippen LogP contribution < -0.4 is 0 Å². The number of ether oxygens (including phenoxy) is 1. The Morgan fingerprint density at radius 3 is 2.62 bits per heavy atom. The molecule has 1 fully saturated rings. The number of likely N-dealkylation sites (tertiary alicyclic amines) is 1. The number of rotatable bonds is 3. The van der Waals surface area contributed by atoms with E-state index in [-0.39, 0.29) is 12.0 Å². The summed E-state index contributed by atoms with van der Waals surface area (Å²) in [5.74, 6) is -1.74. The molecule has 2 rings (SSSR count). The van der Waals surface area contributed by atoms with Crippen molar-refractivity contribution in [1.29, 1.82) is 0 Å². The topological polar surface area (TPSA) is 66.8 Å². The van der Waals surface area contributed by atoms with Gasteiger partial charge in [-0.2, -0.15) is 13.2 Å². The predicted octanol–water partition coefficient (Wildman–Crippen LogP) is 2.97. The van der Waals surface area contributed by atoms with Crippen molar-refractivity contribution in [3.8, 4) is 5.75 Å². The summed E-state index contributed by atoms with van der Waals surface area (Å²) >= 11 is 0. The first-order chi connectivity index (χ1) is 11.2. The van der Waals surface area contributed by atoms with Crippen LogP contribution in [0.3, 0.4) is 0 Å². The van der Waals surface area contributed by atoms with Crippen molar-refractivity contribution in [1.82, 2.24) is 4.90 Å². The molecule has 1 aliphatic heterocycles. The lowest BCUT2D eigenvalue weighted by Gasteiger charge is -2.35. The molecule has 1 saturated heterocycles. The number of carbonyl (C=O) groups is 2. The first-order valence-corrected chi connectivity index (χ1v) is 7.51. The summed E-state index contributed by atoms with van der Waals surface area (Å²) in [5, 5.41) is 9.51. The zero-order valence-corrected chi connectivity index (χ0v) is 13.1. The number of aromatic hydroxyl groups is 1. The second kappa shape index (κ2) is 7.11. The van der Waals surface area contributed by atoms with Crippen LogP contribution in [-0.2, 0) is 15.7 Å². The number of alkyl halides is 3. The molecule has 1 aliphatic rings. The third kappa shape index (κ3) is 4.18. The van der Waals surface area contributed by atoms with Crippen molar-refractivity contribution in [3.63, 3.8) is 0 Å². The number of nitrogens with zero attached hydrogens (tertiary/aromatic N) is 1. The van der Waals surface area contributed by atoms with Gasteiger partial charge in [-0.1, -0.05) is 0 Å². The van der Waals surface area contributed by atoms with Crippen LogP contribution in [0.4, 0.5) is 13.2 Å². The second-order valence-electron chi connectivity index (χ2n) is 5.69. The molecular weight excluding hydrogens is 327 g/mol. The Morgan fingerprint density at radius 1 is 1.29 bits per heavy atom. The number of carbonyl (C=O) groups excluding carboxylic acids is 2. The highest BCUT2D eigenvalue weighted by Crippen LogP contribution is 2.33. The van der Waals surface area contributed by atoms with Crippen molar-refractivity contribution in [2.75, 3.05) is 13.7 Å². The zero-order valence-electron chi connectivity index (χ0n) is 13.1. The predicted molar refractivity (Wildman–Crippen MR) is 78.4 cm³/mol. The van der Waals surface area contributed by atoms with Gasteiger partial charge in [0.05, 0.1) is 19.1 Å². The molecule has 0 radical (unpaired) electrons. The number of phenols is 1. The normalized spacial score (nSPS) is 18.3. The molecule has 1 aromatic carbocycles. The Balaban J connectivity index is 2.28. The van der Waals surface area contributed by atoms with E-state index in [4.69, 9.17) is 0 Å². The molecule has 132 valence electrons. The van der Waals surface area contributed by atoms with Crippen molar-refractivity contribution in [2.45, 2.75) is 37.9 Å². The molecule has 0 unspecified atom stereocenters. The van der Waals surface area contributed by atoms with Crippen LogP contribution in [0.1, 0.15) is 41.6 Å². The lowest BCUT2D eigenvalue weighted by atomic mass is 9.97. The molecule has 1 amide bonds. The van der Waals surface area contributed by atoms with Gasteiger partial charge in [0, 0.05) is 18.2 Å². The Bertz CT molecular complexity index is 630. The quantitative estimate of drug-likeness (QED) is 0.856. The Labute approximate surface area is 137 Å². The summed E-state index contributed by atoms with van der Waals surface area (Å²) in [7, 11) is 1.24. The molecule has 1 heterocycles. The van der Waals surface area contributed by atoms with E-state index in [9.17, 15) is 27.9 Å². The minimum absolute atomic E-state index is 0.00676. The molecule has 1 atom stereocenters. The number of methoxy groups -OCH3 is 1. The van der Waals surface area contributed by atoms with Crippen LogP contribution in [0.15, 0.2) is 18.2 Å². The van der Waals surface area contributed by atoms with Gasteiger partial charge in [-0.3, -0.25) is 9.59 Å². The monoisotopic (exact) mass is 345 g/mol. The van der Waals surface area contributed by atoms with Gasteiger partial charge in [-0.05, 0) is 37.5 Å². The minimum Gasteiger partial charge on any atom is -0.508 e. The van der Waals surface area contributed by atoms with Crippen molar-refractivity contribution >= 4 is 11.9 Å². The van der Waals surface area contributed by atoms with Gasteiger partial charge in [0.1, 0.15) is 5.75 Å². The van der Waals surface area contributed by atoms with E-state index < -0.39 is 35.4 Å². The number of benzene rings is 1. The van der Waals surface area contributed by atoms with E-state index in [1.807, 2.05) is 0 Å². The van der Waals surface area contributed by atoms with Gasteiger partial charge in [0.2, 0.25) is 0 Å². The van der Waals surface area contributed by atoms with E-state index in [1.54, 1.807) is 0 Å². The van der Waals surface area contributed by atoms with Gasteiger partial charge >= 0.3 is 12.1 Å². The molecule has 0 aromatic heterocycles. The van der Waals surface area contributed by atoms with E-state index in [2.05, 4.69) is 4.74 Å². The molecule has 0 saturated carbocycles. The molecule has 0 spiro atoms. The van der Waals surface area contributed by atoms with Crippen LogP contribution in [-0.4, -0.2) is 41.6 Å². The summed E-state index contributed by atoms with van der Waals surface area (Å²) < 4.78 is 43.2. The van der Waals surface area contributed by atoms with Crippen LogP contribution in [0, 0.1) is 0 Å². The van der Waals surface area contributed by atoms with Gasteiger partial charge in [0.15, 0.2) is 0 Å². The van der Waals surface area contributed by atoms with E-state index >= 15 is 0 Å². The third-order valence-corrected chi connectivity index (χ3v) is 4.01. The lowest BCUT2D eigenvalue weighted by molar-refractivity contribution is -0.142. The van der Waals surface area contributed by atoms with Gasteiger partial charge in [-0.25, -0.2) is 0 Å². The van der Waals surface area contributed by atoms with Crippen LogP contribution in [0.5, 0.6) is 5.75 Å². The lowest BCUT2D eigenvalue weighted by Crippen LogP contribution is -2.45. The second-order valence-corrected chi connectivity index (χ2v) is 5.69. The molecule has 0 aliphatic carbocycles.